The number of halogens is 1. The zero-order chi connectivity index (χ0) is 20.9. The van der Waals surface area contributed by atoms with E-state index in [0.717, 1.165) is 0 Å². The zero-order valence-corrected chi connectivity index (χ0v) is 16.5. The summed E-state index contributed by atoms with van der Waals surface area (Å²) < 4.78 is 5.01. The fraction of sp³-hybridized carbons (Fsp3) is 0.474. The van der Waals surface area contributed by atoms with E-state index in [1.807, 2.05) is 0 Å². The Hall–Kier alpha value is -2.49. The van der Waals surface area contributed by atoms with E-state index in [1.165, 1.54) is 12.0 Å². The number of likely N-dealkylation sites (tertiary alicyclic amines) is 1. The molecule has 3 aliphatic heterocycles. The highest BCUT2D eigenvalue weighted by Gasteiger charge is 2.70. The van der Waals surface area contributed by atoms with E-state index in [1.54, 1.807) is 18.2 Å². The summed E-state index contributed by atoms with van der Waals surface area (Å²) >= 11 is 6.16. The van der Waals surface area contributed by atoms with Gasteiger partial charge in [-0.3, -0.25) is 29.4 Å². The number of nitrogens with two attached hydrogens (primary N) is 1. The van der Waals surface area contributed by atoms with Crippen molar-refractivity contribution in [3.05, 3.63) is 28.8 Å². The maximum atomic E-state index is 13.3. The van der Waals surface area contributed by atoms with Gasteiger partial charge in [0, 0.05) is 49.0 Å². The number of nitrogens with one attached hydrogen (secondary N) is 2. The van der Waals surface area contributed by atoms with Crippen molar-refractivity contribution in [3.8, 4) is 0 Å². The van der Waals surface area contributed by atoms with E-state index in [-0.39, 0.29) is 13.0 Å². The van der Waals surface area contributed by atoms with Crippen LogP contribution in [-0.2, 0) is 29.5 Å². The molecule has 9 nitrogen and oxygen atoms in total. The summed E-state index contributed by atoms with van der Waals surface area (Å²) in [7, 11) is 1.54. The third-order valence-corrected chi connectivity index (χ3v) is 6.15. The molecular formula is C19H21ClN4O5. The second-order valence-electron chi connectivity index (χ2n) is 7.55. The Bertz CT molecular complexity index is 922. The van der Waals surface area contributed by atoms with Crippen molar-refractivity contribution in [2.24, 2.45) is 17.6 Å². The second-order valence-corrected chi connectivity index (χ2v) is 7.99. The number of benzene rings is 1. The van der Waals surface area contributed by atoms with E-state index in [2.05, 4.69) is 10.6 Å². The number of hydrogen-bond acceptors (Lipinski definition) is 6. The minimum absolute atomic E-state index is 0.170. The Morgan fingerprint density at radius 1 is 1.31 bits per heavy atom. The van der Waals surface area contributed by atoms with Gasteiger partial charge >= 0.3 is 0 Å². The molecule has 1 spiro atoms. The summed E-state index contributed by atoms with van der Waals surface area (Å²) in [6, 6.07) is 4.15. The summed E-state index contributed by atoms with van der Waals surface area (Å²) in [5.41, 5.74) is 4.92. The summed E-state index contributed by atoms with van der Waals surface area (Å²) in [6.07, 6.45) is 0.306. The number of anilines is 1. The lowest BCUT2D eigenvalue weighted by Crippen LogP contribution is -2.53. The van der Waals surface area contributed by atoms with Gasteiger partial charge in [-0.2, -0.15) is 0 Å². The van der Waals surface area contributed by atoms with Crippen LogP contribution in [0.4, 0.5) is 5.69 Å². The minimum atomic E-state index is -1.48. The molecule has 3 heterocycles. The normalized spacial score (nSPS) is 30.1. The quantitative estimate of drug-likeness (QED) is 0.437. The average molecular weight is 421 g/mol. The Morgan fingerprint density at radius 2 is 2.07 bits per heavy atom. The molecule has 0 saturated carbocycles. The van der Waals surface area contributed by atoms with Crippen LogP contribution in [-0.4, -0.2) is 54.8 Å². The molecule has 0 aromatic heterocycles. The number of nitrogens with zero attached hydrogens (tertiary/aromatic N) is 1. The predicted octanol–water partition coefficient (Wildman–Crippen LogP) is -0.0277. The van der Waals surface area contributed by atoms with Crippen molar-refractivity contribution in [3.63, 3.8) is 0 Å². The van der Waals surface area contributed by atoms with Crippen LogP contribution in [0.5, 0.6) is 0 Å². The van der Waals surface area contributed by atoms with Gasteiger partial charge in [0.1, 0.15) is 5.54 Å². The number of carbonyl (C=O) groups is 4. The molecule has 0 bridgehead atoms. The van der Waals surface area contributed by atoms with Gasteiger partial charge in [0.05, 0.1) is 11.8 Å². The molecule has 0 aliphatic carbocycles. The molecule has 2 fully saturated rings. The van der Waals surface area contributed by atoms with Crippen LogP contribution in [0.15, 0.2) is 18.2 Å². The molecule has 154 valence electrons. The highest BCUT2D eigenvalue weighted by molar-refractivity contribution is 6.31. The van der Waals surface area contributed by atoms with Crippen LogP contribution >= 0.6 is 11.6 Å². The molecule has 10 heteroatoms. The highest BCUT2D eigenvalue weighted by atomic mass is 35.5. The number of hydrogen-bond donors (Lipinski definition) is 3. The van der Waals surface area contributed by atoms with Crippen LogP contribution < -0.4 is 16.4 Å². The zero-order valence-electron chi connectivity index (χ0n) is 15.7. The molecule has 0 unspecified atom stereocenters. The SMILES string of the molecule is COCCCN1C(=O)[C@@H]2[C@@H](C1=O)[C@@]1(N[C@@H]2CC(N)=O)C(=O)Nc2ccc(Cl)cc21. The molecule has 1 aromatic rings. The molecule has 4 N–H and O–H groups in total. The first-order valence-corrected chi connectivity index (χ1v) is 9.70. The lowest BCUT2D eigenvalue weighted by atomic mass is 9.76. The van der Waals surface area contributed by atoms with E-state index in [4.69, 9.17) is 22.1 Å². The number of rotatable bonds is 6. The fourth-order valence-electron chi connectivity index (χ4n) is 4.81. The number of ether oxygens (including phenoxy) is 1. The van der Waals surface area contributed by atoms with E-state index >= 15 is 0 Å². The smallest absolute Gasteiger partial charge is 0.250 e. The third-order valence-electron chi connectivity index (χ3n) is 5.92. The largest absolute Gasteiger partial charge is 0.385 e. The second kappa shape index (κ2) is 7.08. The monoisotopic (exact) mass is 420 g/mol. The lowest BCUT2D eigenvalue weighted by Gasteiger charge is -2.29. The Kier molecular flexibility index (Phi) is 4.84. The Morgan fingerprint density at radius 3 is 2.76 bits per heavy atom. The van der Waals surface area contributed by atoms with Gasteiger partial charge in [0.15, 0.2) is 0 Å². The van der Waals surface area contributed by atoms with Crippen molar-refractivity contribution in [2.75, 3.05) is 25.6 Å². The number of fused-ring (bicyclic) bond motifs is 4. The van der Waals surface area contributed by atoms with Gasteiger partial charge in [0.25, 0.3) is 0 Å². The number of methoxy groups -OCH3 is 1. The molecule has 0 radical (unpaired) electrons. The van der Waals surface area contributed by atoms with Gasteiger partial charge in [-0.25, -0.2) is 0 Å². The number of amides is 4. The highest BCUT2D eigenvalue weighted by Crippen LogP contribution is 2.53. The van der Waals surface area contributed by atoms with E-state index in [9.17, 15) is 19.2 Å². The Labute approximate surface area is 171 Å². The van der Waals surface area contributed by atoms with Crippen LogP contribution in [0.2, 0.25) is 5.02 Å². The number of imide groups is 1. The molecule has 4 atom stereocenters. The molecule has 2 saturated heterocycles. The first kappa shape index (κ1) is 19.8. The van der Waals surface area contributed by atoms with Crippen LogP contribution in [0.3, 0.4) is 0 Å². The van der Waals surface area contributed by atoms with Crippen molar-refractivity contribution in [2.45, 2.75) is 24.4 Å². The van der Waals surface area contributed by atoms with Gasteiger partial charge in [-0.1, -0.05) is 11.6 Å². The maximum absolute atomic E-state index is 13.3. The average Bonchev–Trinajstić information content (AvgIpc) is 3.22. The third kappa shape index (κ3) is 2.84. The van der Waals surface area contributed by atoms with Gasteiger partial charge in [0.2, 0.25) is 23.6 Å². The van der Waals surface area contributed by atoms with Gasteiger partial charge in [-0.15, -0.1) is 0 Å². The number of primary amides is 1. The summed E-state index contributed by atoms with van der Waals surface area (Å²) in [6.45, 7) is 0.571. The van der Waals surface area contributed by atoms with Crippen molar-refractivity contribution < 1.29 is 23.9 Å². The van der Waals surface area contributed by atoms with Crippen LogP contribution in [0.1, 0.15) is 18.4 Å². The lowest BCUT2D eigenvalue weighted by molar-refractivity contribution is -0.143. The van der Waals surface area contributed by atoms with Crippen molar-refractivity contribution >= 4 is 40.9 Å². The molecule has 29 heavy (non-hydrogen) atoms. The number of carbonyl (C=O) groups excluding carboxylic acids is 4. The van der Waals surface area contributed by atoms with Gasteiger partial charge < -0.3 is 15.8 Å². The summed E-state index contributed by atoms with van der Waals surface area (Å²) in [4.78, 5) is 52.4. The summed E-state index contributed by atoms with van der Waals surface area (Å²) in [5.74, 6) is -3.78. The maximum Gasteiger partial charge on any atom is 0.250 e. The predicted molar refractivity (Wildman–Crippen MR) is 103 cm³/mol. The minimum Gasteiger partial charge on any atom is -0.385 e. The van der Waals surface area contributed by atoms with Crippen LogP contribution in [0.25, 0.3) is 0 Å². The standard InChI is InChI=1S/C19H21ClN4O5/c1-29-6-2-5-24-16(26)14-12(8-13(21)25)23-19(15(14)17(24)27)10-7-9(20)3-4-11(10)22-18(19)28/h3-4,7,12,14-15,23H,2,5-6,8H2,1H3,(H2,21,25)(H,22,28)/t12-,14+,15+,19-/m1/s1. The Balaban J connectivity index is 1.80. The first-order valence-electron chi connectivity index (χ1n) is 9.33. The van der Waals surface area contributed by atoms with Gasteiger partial charge in [-0.05, 0) is 24.6 Å². The summed E-state index contributed by atoms with van der Waals surface area (Å²) in [5, 5.41) is 6.28. The fourth-order valence-corrected chi connectivity index (χ4v) is 4.98. The molecule has 4 amide bonds. The van der Waals surface area contributed by atoms with Crippen molar-refractivity contribution in [1.29, 1.82) is 0 Å². The topological polar surface area (TPSA) is 131 Å². The first-order chi connectivity index (χ1) is 13.8. The molecule has 1 aromatic carbocycles. The molecule has 4 rings (SSSR count). The van der Waals surface area contributed by atoms with E-state index < -0.39 is 47.0 Å². The molecule has 3 aliphatic rings. The van der Waals surface area contributed by atoms with E-state index in [0.29, 0.717) is 29.3 Å². The van der Waals surface area contributed by atoms with Crippen molar-refractivity contribution in [1.82, 2.24) is 10.2 Å². The molecular weight excluding hydrogens is 400 g/mol. The van der Waals surface area contributed by atoms with Crippen LogP contribution in [0, 0.1) is 11.8 Å².